The van der Waals surface area contributed by atoms with Crippen molar-refractivity contribution in [3.05, 3.63) is 53.6 Å². The van der Waals surface area contributed by atoms with Gasteiger partial charge in [0, 0.05) is 26.0 Å². The van der Waals surface area contributed by atoms with Gasteiger partial charge in [0.1, 0.15) is 6.54 Å². The lowest BCUT2D eigenvalue weighted by Gasteiger charge is -2.17. The third-order valence-electron chi connectivity index (χ3n) is 2.66. The van der Waals surface area contributed by atoms with E-state index in [4.69, 9.17) is 11.6 Å². The Balaban J connectivity index is 1.95. The van der Waals surface area contributed by atoms with Crippen LogP contribution in [0.15, 0.2) is 42.7 Å². The number of halogens is 1. The van der Waals surface area contributed by atoms with E-state index in [2.05, 4.69) is 4.98 Å². The molecule has 0 aliphatic carbocycles. The molecule has 2 aromatic rings. The molecule has 1 aromatic carbocycles. The Hall–Kier alpha value is -1.81. The van der Waals surface area contributed by atoms with Gasteiger partial charge in [0.15, 0.2) is 0 Å². The van der Waals surface area contributed by atoms with Crippen molar-refractivity contribution in [3.63, 3.8) is 0 Å². The van der Waals surface area contributed by atoms with Crippen molar-refractivity contribution in [2.24, 2.45) is 0 Å². The zero-order chi connectivity index (χ0) is 13.0. The number of likely N-dealkylation sites (N-methyl/N-ethyl adjacent to an activating group) is 1. The standard InChI is InChI=1S/C13H14ClN3O/c1-16(9-11-5-3-2-4-6-11)12(18)10-17-8-7-15-13(17)14/h2-8H,9-10H2,1H3. The first-order valence-corrected chi connectivity index (χ1v) is 5.99. The number of imidazole rings is 1. The molecule has 0 N–H and O–H groups in total. The molecule has 4 nitrogen and oxygen atoms in total. The summed E-state index contributed by atoms with van der Waals surface area (Å²) >= 11 is 5.83. The highest BCUT2D eigenvalue weighted by molar-refractivity contribution is 6.28. The van der Waals surface area contributed by atoms with E-state index in [1.165, 1.54) is 0 Å². The molecule has 0 aliphatic rings. The van der Waals surface area contributed by atoms with E-state index in [0.717, 1.165) is 5.56 Å². The van der Waals surface area contributed by atoms with Crippen molar-refractivity contribution in [1.29, 1.82) is 0 Å². The van der Waals surface area contributed by atoms with Crippen LogP contribution in [0.3, 0.4) is 0 Å². The lowest BCUT2D eigenvalue weighted by atomic mass is 10.2. The predicted octanol–water partition coefficient (Wildman–Crippen LogP) is 2.20. The Labute approximate surface area is 111 Å². The molecule has 1 aromatic heterocycles. The molecule has 2 rings (SSSR count). The van der Waals surface area contributed by atoms with Gasteiger partial charge in [-0.1, -0.05) is 30.3 Å². The quantitative estimate of drug-likeness (QED) is 0.848. The van der Waals surface area contributed by atoms with Gasteiger partial charge in [-0.15, -0.1) is 0 Å². The summed E-state index contributed by atoms with van der Waals surface area (Å²) in [6.45, 7) is 0.800. The number of carbonyl (C=O) groups excluding carboxylic acids is 1. The summed E-state index contributed by atoms with van der Waals surface area (Å²) in [5, 5.41) is 0.330. The topological polar surface area (TPSA) is 38.1 Å². The SMILES string of the molecule is CN(Cc1ccccc1)C(=O)Cn1ccnc1Cl. The zero-order valence-corrected chi connectivity index (χ0v) is 10.8. The van der Waals surface area contributed by atoms with Crippen molar-refractivity contribution in [2.75, 3.05) is 7.05 Å². The maximum atomic E-state index is 12.0. The number of hydrogen-bond donors (Lipinski definition) is 0. The minimum absolute atomic E-state index is 0.00115. The molecule has 0 unspecified atom stereocenters. The van der Waals surface area contributed by atoms with Gasteiger partial charge in [-0.25, -0.2) is 4.98 Å². The van der Waals surface area contributed by atoms with E-state index in [9.17, 15) is 4.79 Å². The van der Waals surface area contributed by atoms with Crippen LogP contribution in [-0.4, -0.2) is 27.4 Å². The van der Waals surface area contributed by atoms with E-state index in [-0.39, 0.29) is 12.5 Å². The maximum Gasteiger partial charge on any atom is 0.242 e. The summed E-state index contributed by atoms with van der Waals surface area (Å²) in [5.74, 6) is -0.00115. The highest BCUT2D eigenvalue weighted by atomic mass is 35.5. The largest absolute Gasteiger partial charge is 0.340 e. The Bertz CT molecular complexity index is 524. The second-order valence-corrected chi connectivity index (χ2v) is 4.40. The summed E-state index contributed by atoms with van der Waals surface area (Å²) in [7, 11) is 1.78. The molecular formula is C13H14ClN3O. The van der Waals surface area contributed by atoms with Crippen LogP contribution in [0.2, 0.25) is 5.28 Å². The van der Waals surface area contributed by atoms with E-state index in [0.29, 0.717) is 11.8 Å². The zero-order valence-electron chi connectivity index (χ0n) is 10.1. The predicted molar refractivity (Wildman–Crippen MR) is 70.2 cm³/mol. The van der Waals surface area contributed by atoms with Crippen LogP contribution in [0, 0.1) is 0 Å². The number of aromatic nitrogens is 2. The molecule has 0 atom stereocenters. The number of rotatable bonds is 4. The van der Waals surface area contributed by atoms with Gasteiger partial charge < -0.3 is 9.47 Å². The second-order valence-electron chi connectivity index (χ2n) is 4.06. The van der Waals surface area contributed by atoms with E-state index in [1.54, 1.807) is 28.9 Å². The molecule has 94 valence electrons. The first-order valence-electron chi connectivity index (χ1n) is 5.61. The molecule has 1 heterocycles. The third kappa shape index (κ3) is 3.11. The Kier molecular flexibility index (Phi) is 3.99. The maximum absolute atomic E-state index is 12.0. The van der Waals surface area contributed by atoms with Gasteiger partial charge in [-0.3, -0.25) is 4.79 Å². The smallest absolute Gasteiger partial charge is 0.242 e. The summed E-state index contributed by atoms with van der Waals surface area (Å²) in [5.41, 5.74) is 1.10. The average Bonchev–Trinajstić information content (AvgIpc) is 2.76. The fraction of sp³-hybridized carbons (Fsp3) is 0.231. The van der Waals surface area contributed by atoms with Crippen molar-refractivity contribution < 1.29 is 4.79 Å². The Morgan fingerprint density at radius 1 is 1.39 bits per heavy atom. The fourth-order valence-corrected chi connectivity index (χ4v) is 1.81. The van der Waals surface area contributed by atoms with Gasteiger partial charge >= 0.3 is 0 Å². The lowest BCUT2D eigenvalue weighted by molar-refractivity contribution is -0.131. The van der Waals surface area contributed by atoms with Crippen LogP contribution in [0.5, 0.6) is 0 Å². The molecule has 0 saturated heterocycles. The highest BCUT2D eigenvalue weighted by Gasteiger charge is 2.11. The average molecular weight is 264 g/mol. The Morgan fingerprint density at radius 2 is 2.11 bits per heavy atom. The van der Waals surface area contributed by atoms with Crippen LogP contribution in [0.1, 0.15) is 5.56 Å². The van der Waals surface area contributed by atoms with E-state index < -0.39 is 0 Å². The van der Waals surface area contributed by atoms with E-state index in [1.807, 2.05) is 30.3 Å². The van der Waals surface area contributed by atoms with Gasteiger partial charge in [0.05, 0.1) is 0 Å². The normalized spacial score (nSPS) is 10.3. The number of nitrogens with zero attached hydrogens (tertiary/aromatic N) is 3. The van der Waals surface area contributed by atoms with Gasteiger partial charge in [0.25, 0.3) is 0 Å². The van der Waals surface area contributed by atoms with Gasteiger partial charge in [0.2, 0.25) is 11.2 Å². The monoisotopic (exact) mass is 263 g/mol. The van der Waals surface area contributed by atoms with Crippen molar-refractivity contribution >= 4 is 17.5 Å². The van der Waals surface area contributed by atoms with Crippen molar-refractivity contribution in [3.8, 4) is 0 Å². The molecule has 5 heteroatoms. The summed E-state index contributed by atoms with van der Waals surface area (Å²) < 4.78 is 1.62. The fourth-order valence-electron chi connectivity index (χ4n) is 1.64. The minimum atomic E-state index is -0.00115. The first-order chi connectivity index (χ1) is 8.66. The number of amides is 1. The van der Waals surface area contributed by atoms with Crippen LogP contribution in [-0.2, 0) is 17.9 Å². The minimum Gasteiger partial charge on any atom is -0.340 e. The van der Waals surface area contributed by atoms with Crippen molar-refractivity contribution in [2.45, 2.75) is 13.1 Å². The van der Waals surface area contributed by atoms with Gasteiger partial charge in [-0.2, -0.15) is 0 Å². The number of carbonyl (C=O) groups is 1. The van der Waals surface area contributed by atoms with Crippen LogP contribution in [0.4, 0.5) is 0 Å². The van der Waals surface area contributed by atoms with Crippen LogP contribution < -0.4 is 0 Å². The molecule has 0 spiro atoms. The number of benzene rings is 1. The van der Waals surface area contributed by atoms with Gasteiger partial charge in [-0.05, 0) is 17.2 Å². The molecule has 1 amide bonds. The second kappa shape index (κ2) is 5.69. The summed E-state index contributed by atoms with van der Waals surface area (Å²) in [6, 6.07) is 9.86. The molecule has 18 heavy (non-hydrogen) atoms. The van der Waals surface area contributed by atoms with Crippen LogP contribution in [0.25, 0.3) is 0 Å². The highest BCUT2D eigenvalue weighted by Crippen LogP contribution is 2.07. The summed E-state index contributed by atoms with van der Waals surface area (Å²) in [4.78, 5) is 17.5. The molecule has 0 aliphatic heterocycles. The summed E-state index contributed by atoms with van der Waals surface area (Å²) in [6.07, 6.45) is 3.27. The van der Waals surface area contributed by atoms with E-state index >= 15 is 0 Å². The first kappa shape index (κ1) is 12.6. The molecule has 0 radical (unpaired) electrons. The Morgan fingerprint density at radius 3 is 2.72 bits per heavy atom. The third-order valence-corrected chi connectivity index (χ3v) is 2.97. The van der Waals surface area contributed by atoms with Crippen molar-refractivity contribution in [1.82, 2.24) is 14.5 Å². The molecule has 0 saturated carbocycles. The molecule has 0 fully saturated rings. The molecular weight excluding hydrogens is 250 g/mol. The number of hydrogen-bond acceptors (Lipinski definition) is 2. The van der Waals surface area contributed by atoms with Crippen LogP contribution >= 0.6 is 11.6 Å². The molecule has 0 bridgehead atoms. The lowest BCUT2D eigenvalue weighted by Crippen LogP contribution is -2.29.